The maximum Gasteiger partial charge on any atom is 0.217 e. The maximum atomic E-state index is 6.08. The predicted molar refractivity (Wildman–Crippen MR) is 92.9 cm³/mol. The lowest BCUT2D eigenvalue weighted by molar-refractivity contribution is 0.164. The van der Waals surface area contributed by atoms with Gasteiger partial charge in [0.1, 0.15) is 18.2 Å². The topological polar surface area (TPSA) is 68.4 Å². The molecule has 0 bridgehead atoms. The number of hydrogen-bond donors (Lipinski definition) is 0. The average Bonchev–Trinajstić information content (AvgIpc) is 3.41. The molecular formula is C18H20N6O. The molecule has 0 aromatic carbocycles. The van der Waals surface area contributed by atoms with Gasteiger partial charge in [-0.05, 0) is 12.8 Å². The number of nitrogens with zero attached hydrogens (tertiary/aromatic N) is 6. The first kappa shape index (κ1) is 14.6. The summed E-state index contributed by atoms with van der Waals surface area (Å²) >= 11 is 0. The molecule has 25 heavy (non-hydrogen) atoms. The Balaban J connectivity index is 1.22. The summed E-state index contributed by atoms with van der Waals surface area (Å²) in [7, 11) is 0. The van der Waals surface area contributed by atoms with E-state index in [1.165, 1.54) is 18.5 Å². The third-order valence-corrected chi connectivity index (χ3v) is 4.96. The minimum absolute atomic E-state index is 0.193. The maximum absolute atomic E-state index is 6.08. The van der Waals surface area contributed by atoms with Crippen LogP contribution >= 0.6 is 0 Å². The molecule has 0 spiro atoms. The molecule has 0 amide bonds. The highest BCUT2D eigenvalue weighted by molar-refractivity contribution is 5.41. The van der Waals surface area contributed by atoms with Crippen LogP contribution in [0.15, 0.2) is 36.9 Å². The van der Waals surface area contributed by atoms with E-state index in [-0.39, 0.29) is 6.10 Å². The van der Waals surface area contributed by atoms with Crippen LogP contribution in [-0.4, -0.2) is 43.8 Å². The lowest BCUT2D eigenvalue weighted by Gasteiger charge is -2.32. The van der Waals surface area contributed by atoms with Crippen molar-refractivity contribution in [3.05, 3.63) is 42.6 Å². The molecule has 7 heteroatoms. The Kier molecular flexibility index (Phi) is 3.50. The fraction of sp³-hybridized carbons (Fsp3) is 0.444. The largest absolute Gasteiger partial charge is 0.474 e. The van der Waals surface area contributed by atoms with Gasteiger partial charge in [-0.3, -0.25) is 0 Å². The van der Waals surface area contributed by atoms with E-state index in [9.17, 15) is 0 Å². The molecule has 3 aromatic heterocycles. The van der Waals surface area contributed by atoms with Crippen LogP contribution in [0.25, 0.3) is 5.65 Å². The van der Waals surface area contributed by atoms with Gasteiger partial charge in [0.15, 0.2) is 5.65 Å². The second-order valence-corrected chi connectivity index (χ2v) is 6.78. The molecule has 1 aliphatic carbocycles. The fourth-order valence-electron chi connectivity index (χ4n) is 3.37. The molecule has 128 valence electrons. The molecule has 1 saturated carbocycles. The molecule has 2 fully saturated rings. The summed E-state index contributed by atoms with van der Waals surface area (Å²) in [5, 5.41) is 4.15. The number of fused-ring (bicyclic) bond motifs is 1. The van der Waals surface area contributed by atoms with E-state index in [0.29, 0.717) is 11.8 Å². The summed E-state index contributed by atoms with van der Waals surface area (Å²) in [6.45, 7) is 1.89. The quantitative estimate of drug-likeness (QED) is 0.729. The van der Waals surface area contributed by atoms with Gasteiger partial charge in [-0.15, -0.1) is 0 Å². The van der Waals surface area contributed by atoms with Gasteiger partial charge in [0.05, 0.1) is 6.20 Å². The highest BCUT2D eigenvalue weighted by atomic mass is 16.5. The summed E-state index contributed by atoms with van der Waals surface area (Å²) in [5.74, 6) is 2.38. The first-order valence-electron chi connectivity index (χ1n) is 8.89. The summed E-state index contributed by atoms with van der Waals surface area (Å²) in [6, 6.07) is 5.91. The summed E-state index contributed by atoms with van der Waals surface area (Å²) in [5.41, 5.74) is 2.00. The SMILES string of the molecule is c1nc(C2CC2)cc(N2CCC(Oc3ccn4nccc4n3)CC2)n1. The van der Waals surface area contributed by atoms with Crippen LogP contribution in [0, 0.1) is 0 Å². The number of anilines is 1. The van der Waals surface area contributed by atoms with Crippen molar-refractivity contribution >= 4 is 11.5 Å². The Bertz CT molecular complexity index is 882. The van der Waals surface area contributed by atoms with Gasteiger partial charge in [-0.1, -0.05) is 0 Å². The third kappa shape index (κ3) is 3.01. The standard InChI is InChI=1S/C18H20N6O/c1-2-13(1)15-11-17(20-12-19-15)23-8-4-14(5-9-23)25-18-6-10-24-16(22-18)3-7-21-24/h3,6-7,10-14H,1-2,4-5,8-9H2. The smallest absolute Gasteiger partial charge is 0.217 e. The van der Waals surface area contributed by atoms with Crippen LogP contribution in [0.5, 0.6) is 5.88 Å². The van der Waals surface area contributed by atoms with Crippen molar-refractivity contribution in [1.82, 2.24) is 24.6 Å². The van der Waals surface area contributed by atoms with E-state index in [1.54, 1.807) is 17.0 Å². The van der Waals surface area contributed by atoms with E-state index >= 15 is 0 Å². The Hall–Kier alpha value is -2.70. The molecule has 1 aliphatic heterocycles. The lowest BCUT2D eigenvalue weighted by Crippen LogP contribution is -2.38. The molecule has 0 unspecified atom stereocenters. The van der Waals surface area contributed by atoms with E-state index in [2.05, 4.69) is 31.0 Å². The Morgan fingerprint density at radius 1 is 1.04 bits per heavy atom. The van der Waals surface area contributed by atoms with Gasteiger partial charge in [0, 0.05) is 61.9 Å². The number of piperidine rings is 1. The van der Waals surface area contributed by atoms with Crippen LogP contribution in [0.3, 0.4) is 0 Å². The first-order chi connectivity index (χ1) is 12.3. The van der Waals surface area contributed by atoms with Crippen LogP contribution in [0.2, 0.25) is 0 Å². The van der Waals surface area contributed by atoms with Crippen molar-refractivity contribution in [1.29, 1.82) is 0 Å². The number of hydrogen-bond acceptors (Lipinski definition) is 6. The van der Waals surface area contributed by atoms with Crippen LogP contribution in [-0.2, 0) is 0 Å². The minimum Gasteiger partial charge on any atom is -0.474 e. The van der Waals surface area contributed by atoms with Crippen LogP contribution < -0.4 is 9.64 Å². The molecule has 0 N–H and O–H groups in total. The van der Waals surface area contributed by atoms with Crippen molar-refractivity contribution in [2.45, 2.75) is 37.7 Å². The molecular weight excluding hydrogens is 316 g/mol. The van der Waals surface area contributed by atoms with Gasteiger partial charge in [0.25, 0.3) is 0 Å². The first-order valence-corrected chi connectivity index (χ1v) is 8.89. The highest BCUT2D eigenvalue weighted by Gasteiger charge is 2.27. The Morgan fingerprint density at radius 3 is 2.76 bits per heavy atom. The van der Waals surface area contributed by atoms with E-state index in [1.807, 2.05) is 18.3 Å². The van der Waals surface area contributed by atoms with E-state index < -0.39 is 0 Å². The molecule has 5 rings (SSSR count). The number of rotatable bonds is 4. The molecule has 7 nitrogen and oxygen atoms in total. The van der Waals surface area contributed by atoms with E-state index in [4.69, 9.17) is 4.74 Å². The van der Waals surface area contributed by atoms with Gasteiger partial charge in [-0.2, -0.15) is 10.1 Å². The lowest BCUT2D eigenvalue weighted by atomic mass is 10.1. The molecule has 2 aliphatic rings. The van der Waals surface area contributed by atoms with Crippen LogP contribution in [0.4, 0.5) is 5.82 Å². The molecule has 1 saturated heterocycles. The second kappa shape index (κ2) is 5.98. The van der Waals surface area contributed by atoms with Crippen molar-refractivity contribution in [2.24, 2.45) is 0 Å². The summed E-state index contributed by atoms with van der Waals surface area (Å²) < 4.78 is 7.82. The van der Waals surface area contributed by atoms with E-state index in [0.717, 1.165) is 37.4 Å². The molecule has 0 radical (unpaired) electrons. The Morgan fingerprint density at radius 2 is 1.92 bits per heavy atom. The minimum atomic E-state index is 0.193. The zero-order chi connectivity index (χ0) is 16.6. The predicted octanol–water partition coefficient (Wildman–Crippen LogP) is 2.44. The summed E-state index contributed by atoms with van der Waals surface area (Å²) in [4.78, 5) is 15.7. The average molecular weight is 336 g/mol. The third-order valence-electron chi connectivity index (χ3n) is 4.96. The van der Waals surface area contributed by atoms with Crippen molar-refractivity contribution in [3.63, 3.8) is 0 Å². The highest BCUT2D eigenvalue weighted by Crippen LogP contribution is 2.39. The molecule has 4 heterocycles. The van der Waals surface area contributed by atoms with Crippen molar-refractivity contribution in [2.75, 3.05) is 18.0 Å². The van der Waals surface area contributed by atoms with Gasteiger partial charge < -0.3 is 9.64 Å². The fourth-order valence-corrected chi connectivity index (χ4v) is 3.37. The molecule has 3 aromatic rings. The van der Waals surface area contributed by atoms with Crippen LogP contribution in [0.1, 0.15) is 37.3 Å². The Labute approximate surface area is 145 Å². The zero-order valence-electron chi connectivity index (χ0n) is 14.0. The van der Waals surface area contributed by atoms with Gasteiger partial charge in [-0.25, -0.2) is 14.5 Å². The van der Waals surface area contributed by atoms with Gasteiger partial charge in [0.2, 0.25) is 5.88 Å². The number of aromatic nitrogens is 5. The number of ether oxygens (including phenoxy) is 1. The monoisotopic (exact) mass is 336 g/mol. The summed E-state index contributed by atoms with van der Waals surface area (Å²) in [6.07, 6.45) is 9.98. The van der Waals surface area contributed by atoms with Crippen molar-refractivity contribution in [3.8, 4) is 5.88 Å². The van der Waals surface area contributed by atoms with Gasteiger partial charge >= 0.3 is 0 Å². The molecule has 0 atom stereocenters. The normalized spacial score (nSPS) is 18.6. The second-order valence-electron chi connectivity index (χ2n) is 6.78. The zero-order valence-corrected chi connectivity index (χ0v) is 14.0. The van der Waals surface area contributed by atoms with Crippen molar-refractivity contribution < 1.29 is 4.74 Å².